The third-order valence-electron chi connectivity index (χ3n) is 4.96. The van der Waals surface area contributed by atoms with Crippen LogP contribution in [0.15, 0.2) is 0 Å². The van der Waals surface area contributed by atoms with Crippen LogP contribution >= 0.6 is 0 Å². The van der Waals surface area contributed by atoms with Gasteiger partial charge in [0.2, 0.25) is 0 Å². The molecule has 1 atom stereocenters. The summed E-state index contributed by atoms with van der Waals surface area (Å²) in [4.78, 5) is 2.66. The number of likely N-dealkylation sites (tertiary alicyclic amines) is 1. The van der Waals surface area contributed by atoms with Crippen molar-refractivity contribution in [3.8, 4) is 0 Å². The van der Waals surface area contributed by atoms with Crippen molar-refractivity contribution in [2.45, 2.75) is 45.6 Å². The number of nitrogens with zero attached hydrogens (tertiary/aromatic N) is 1. The Bertz CT molecular complexity index is 283. The SMILES string of the molecule is COCC1CCN(CC2(CNC(C)C)CCCOC2)CC1. The first-order valence-electron chi connectivity index (χ1n) is 8.66. The second-order valence-electron chi connectivity index (χ2n) is 7.37. The molecule has 2 saturated heterocycles. The van der Waals surface area contributed by atoms with Crippen molar-refractivity contribution in [3.05, 3.63) is 0 Å². The summed E-state index contributed by atoms with van der Waals surface area (Å²) in [7, 11) is 1.82. The van der Waals surface area contributed by atoms with E-state index in [2.05, 4.69) is 24.1 Å². The van der Waals surface area contributed by atoms with Gasteiger partial charge in [0.25, 0.3) is 0 Å². The largest absolute Gasteiger partial charge is 0.384 e. The topological polar surface area (TPSA) is 33.7 Å². The van der Waals surface area contributed by atoms with Gasteiger partial charge in [0, 0.05) is 44.9 Å². The van der Waals surface area contributed by atoms with Gasteiger partial charge in [-0.15, -0.1) is 0 Å². The molecule has 4 nitrogen and oxygen atoms in total. The van der Waals surface area contributed by atoms with Crippen LogP contribution in [0.5, 0.6) is 0 Å². The second kappa shape index (κ2) is 8.47. The van der Waals surface area contributed by atoms with Crippen LogP contribution in [0.4, 0.5) is 0 Å². The highest BCUT2D eigenvalue weighted by Gasteiger charge is 2.35. The highest BCUT2D eigenvalue weighted by molar-refractivity contribution is 4.89. The number of methoxy groups -OCH3 is 1. The van der Waals surface area contributed by atoms with Gasteiger partial charge in [-0.05, 0) is 44.7 Å². The van der Waals surface area contributed by atoms with E-state index < -0.39 is 0 Å². The Balaban J connectivity index is 1.84. The van der Waals surface area contributed by atoms with E-state index in [1.807, 2.05) is 7.11 Å². The third-order valence-corrected chi connectivity index (χ3v) is 4.96. The smallest absolute Gasteiger partial charge is 0.0546 e. The van der Waals surface area contributed by atoms with Crippen LogP contribution < -0.4 is 5.32 Å². The maximum Gasteiger partial charge on any atom is 0.0546 e. The average molecular weight is 298 g/mol. The lowest BCUT2D eigenvalue weighted by molar-refractivity contribution is -0.0332. The van der Waals surface area contributed by atoms with Crippen LogP contribution in [0.25, 0.3) is 0 Å². The van der Waals surface area contributed by atoms with Gasteiger partial charge in [0.1, 0.15) is 0 Å². The first-order chi connectivity index (χ1) is 10.1. The fourth-order valence-corrected chi connectivity index (χ4v) is 3.67. The quantitative estimate of drug-likeness (QED) is 0.781. The zero-order chi connectivity index (χ0) is 15.1. The van der Waals surface area contributed by atoms with Gasteiger partial charge in [-0.2, -0.15) is 0 Å². The summed E-state index contributed by atoms with van der Waals surface area (Å²) >= 11 is 0. The first-order valence-corrected chi connectivity index (χ1v) is 8.66. The van der Waals surface area contributed by atoms with E-state index in [9.17, 15) is 0 Å². The molecule has 2 fully saturated rings. The lowest BCUT2D eigenvalue weighted by atomic mass is 9.81. The zero-order valence-electron chi connectivity index (χ0n) is 14.2. The van der Waals surface area contributed by atoms with Gasteiger partial charge in [-0.3, -0.25) is 0 Å². The predicted molar refractivity (Wildman–Crippen MR) is 86.7 cm³/mol. The Morgan fingerprint density at radius 2 is 2.10 bits per heavy atom. The maximum atomic E-state index is 5.83. The minimum atomic E-state index is 0.316. The number of hydrogen-bond acceptors (Lipinski definition) is 4. The number of ether oxygens (including phenoxy) is 2. The van der Waals surface area contributed by atoms with Crippen molar-refractivity contribution in [3.63, 3.8) is 0 Å². The summed E-state index contributed by atoms with van der Waals surface area (Å²) in [6.45, 7) is 12.0. The van der Waals surface area contributed by atoms with Crippen LogP contribution in [0.1, 0.15) is 39.5 Å². The lowest BCUT2D eigenvalue weighted by Gasteiger charge is -2.43. The molecule has 0 aromatic rings. The van der Waals surface area contributed by atoms with Gasteiger partial charge in [0.15, 0.2) is 0 Å². The Morgan fingerprint density at radius 1 is 1.33 bits per heavy atom. The summed E-state index contributed by atoms with van der Waals surface area (Å²) in [5, 5.41) is 3.65. The molecule has 124 valence electrons. The number of piperidine rings is 1. The monoisotopic (exact) mass is 298 g/mol. The molecule has 21 heavy (non-hydrogen) atoms. The van der Waals surface area contributed by atoms with Crippen molar-refractivity contribution in [2.75, 3.05) is 53.1 Å². The fraction of sp³-hybridized carbons (Fsp3) is 1.00. The van der Waals surface area contributed by atoms with Gasteiger partial charge >= 0.3 is 0 Å². The van der Waals surface area contributed by atoms with Gasteiger partial charge in [-0.25, -0.2) is 0 Å². The molecular weight excluding hydrogens is 264 g/mol. The van der Waals surface area contributed by atoms with E-state index >= 15 is 0 Å². The Kier molecular flexibility index (Phi) is 6.93. The van der Waals surface area contributed by atoms with E-state index in [1.54, 1.807) is 0 Å². The molecule has 0 bridgehead atoms. The highest BCUT2D eigenvalue weighted by Crippen LogP contribution is 2.31. The molecule has 2 heterocycles. The van der Waals surface area contributed by atoms with E-state index in [-0.39, 0.29) is 0 Å². The van der Waals surface area contributed by atoms with Crippen molar-refractivity contribution < 1.29 is 9.47 Å². The molecule has 0 radical (unpaired) electrons. The van der Waals surface area contributed by atoms with Crippen LogP contribution in [-0.2, 0) is 9.47 Å². The molecule has 0 spiro atoms. The Morgan fingerprint density at radius 3 is 2.67 bits per heavy atom. The lowest BCUT2D eigenvalue weighted by Crippen LogP contribution is -2.51. The molecule has 4 heteroatoms. The fourth-order valence-electron chi connectivity index (χ4n) is 3.67. The first kappa shape index (κ1) is 17.2. The number of nitrogens with one attached hydrogen (secondary N) is 1. The van der Waals surface area contributed by atoms with Crippen molar-refractivity contribution >= 4 is 0 Å². The Hall–Kier alpha value is -0.160. The molecule has 1 unspecified atom stereocenters. The molecule has 2 aliphatic rings. The number of hydrogen-bond donors (Lipinski definition) is 1. The van der Waals surface area contributed by atoms with Crippen molar-refractivity contribution in [2.24, 2.45) is 11.3 Å². The van der Waals surface area contributed by atoms with Gasteiger partial charge < -0.3 is 19.7 Å². The normalized spacial score (nSPS) is 29.1. The standard InChI is InChI=1S/C17H34N2O2/c1-15(2)18-12-17(7-4-10-21-14-17)13-19-8-5-16(6-9-19)11-20-3/h15-16,18H,4-14H2,1-3H3. The third kappa shape index (κ3) is 5.51. The Labute approximate surface area is 130 Å². The molecule has 0 amide bonds. The summed E-state index contributed by atoms with van der Waals surface area (Å²) in [5.41, 5.74) is 0.316. The highest BCUT2D eigenvalue weighted by atomic mass is 16.5. The molecule has 1 N–H and O–H groups in total. The predicted octanol–water partition coefficient (Wildman–Crippen LogP) is 2.14. The summed E-state index contributed by atoms with van der Waals surface area (Å²) < 4.78 is 11.1. The summed E-state index contributed by atoms with van der Waals surface area (Å²) in [6.07, 6.45) is 5.06. The molecule has 2 rings (SSSR count). The maximum absolute atomic E-state index is 5.83. The molecule has 2 aliphatic heterocycles. The van der Waals surface area contributed by atoms with Crippen LogP contribution in [0.3, 0.4) is 0 Å². The van der Waals surface area contributed by atoms with Crippen molar-refractivity contribution in [1.29, 1.82) is 0 Å². The second-order valence-corrected chi connectivity index (χ2v) is 7.37. The van der Waals surface area contributed by atoms with E-state index in [4.69, 9.17) is 9.47 Å². The number of rotatable bonds is 7. The van der Waals surface area contributed by atoms with E-state index in [1.165, 1.54) is 45.3 Å². The minimum Gasteiger partial charge on any atom is -0.384 e. The molecule has 0 saturated carbocycles. The summed E-state index contributed by atoms with van der Waals surface area (Å²) in [5.74, 6) is 0.763. The van der Waals surface area contributed by atoms with Gasteiger partial charge in [-0.1, -0.05) is 13.8 Å². The minimum absolute atomic E-state index is 0.316. The van der Waals surface area contributed by atoms with E-state index in [0.29, 0.717) is 11.5 Å². The summed E-state index contributed by atoms with van der Waals surface area (Å²) in [6, 6.07) is 0.552. The van der Waals surface area contributed by atoms with Crippen LogP contribution in [-0.4, -0.2) is 64.1 Å². The molecule has 0 aromatic heterocycles. The molecule has 0 aromatic carbocycles. The average Bonchev–Trinajstić information content (AvgIpc) is 2.49. The molecule has 0 aliphatic carbocycles. The van der Waals surface area contributed by atoms with Crippen LogP contribution in [0, 0.1) is 11.3 Å². The van der Waals surface area contributed by atoms with Crippen LogP contribution in [0.2, 0.25) is 0 Å². The van der Waals surface area contributed by atoms with E-state index in [0.717, 1.165) is 32.3 Å². The van der Waals surface area contributed by atoms with Crippen molar-refractivity contribution in [1.82, 2.24) is 10.2 Å². The molecular formula is C17H34N2O2. The van der Waals surface area contributed by atoms with Gasteiger partial charge in [0.05, 0.1) is 6.61 Å². The zero-order valence-corrected chi connectivity index (χ0v) is 14.2.